The average Bonchev–Trinajstić information content (AvgIpc) is 3.28. The molecule has 1 amide bonds. The van der Waals surface area contributed by atoms with E-state index in [-0.39, 0.29) is 5.91 Å². The highest BCUT2D eigenvalue weighted by atomic mass is 16.5. The number of methoxy groups -OCH3 is 1. The minimum atomic E-state index is 0.0206. The van der Waals surface area contributed by atoms with Crippen molar-refractivity contribution >= 4 is 17.0 Å². The van der Waals surface area contributed by atoms with Gasteiger partial charge in [-0.05, 0) is 48.0 Å². The van der Waals surface area contributed by atoms with Gasteiger partial charge in [-0.1, -0.05) is 12.1 Å². The summed E-state index contributed by atoms with van der Waals surface area (Å²) >= 11 is 0. The smallest absolute Gasteiger partial charge is 0.254 e. The predicted octanol–water partition coefficient (Wildman–Crippen LogP) is 3.86. The van der Waals surface area contributed by atoms with Crippen LogP contribution in [0.4, 0.5) is 0 Å². The van der Waals surface area contributed by atoms with Gasteiger partial charge in [0.15, 0.2) is 5.58 Å². The summed E-state index contributed by atoms with van der Waals surface area (Å²) in [5.74, 6) is 1.27. The molecule has 1 aliphatic rings. The van der Waals surface area contributed by atoms with Gasteiger partial charge in [0.2, 0.25) is 5.89 Å². The number of amides is 1. The van der Waals surface area contributed by atoms with Crippen LogP contribution >= 0.6 is 0 Å². The molecular formula is C25H24N4O3. The SMILES string of the molecule is COc1cccc(-c2nc3ccc(C(=O)N4CCN(Cc5cccnc5)CC4)cc3o2)c1. The first kappa shape index (κ1) is 20.2. The summed E-state index contributed by atoms with van der Waals surface area (Å²) < 4.78 is 11.2. The zero-order valence-corrected chi connectivity index (χ0v) is 17.9. The second-order valence-corrected chi connectivity index (χ2v) is 7.86. The van der Waals surface area contributed by atoms with Crippen LogP contribution in [0.25, 0.3) is 22.6 Å². The molecule has 1 fully saturated rings. The second kappa shape index (κ2) is 8.80. The molecule has 0 bridgehead atoms. The fraction of sp³-hybridized carbons (Fsp3) is 0.240. The number of piperazine rings is 1. The molecule has 7 heteroatoms. The largest absolute Gasteiger partial charge is 0.497 e. The first-order valence-electron chi connectivity index (χ1n) is 10.7. The van der Waals surface area contributed by atoms with Gasteiger partial charge in [0.25, 0.3) is 5.91 Å². The Kier molecular flexibility index (Phi) is 5.56. The highest BCUT2D eigenvalue weighted by molar-refractivity contribution is 5.97. The predicted molar refractivity (Wildman–Crippen MR) is 121 cm³/mol. The van der Waals surface area contributed by atoms with E-state index in [2.05, 4.69) is 20.9 Å². The minimum Gasteiger partial charge on any atom is -0.497 e. The third kappa shape index (κ3) is 4.20. The number of carbonyl (C=O) groups is 1. The quantitative estimate of drug-likeness (QED) is 0.481. The lowest BCUT2D eigenvalue weighted by molar-refractivity contribution is 0.0628. The Balaban J connectivity index is 1.28. The van der Waals surface area contributed by atoms with Gasteiger partial charge >= 0.3 is 0 Å². The van der Waals surface area contributed by atoms with Gasteiger partial charge in [-0.2, -0.15) is 0 Å². The van der Waals surface area contributed by atoms with Gasteiger partial charge in [-0.3, -0.25) is 14.7 Å². The van der Waals surface area contributed by atoms with Crippen molar-refractivity contribution in [1.82, 2.24) is 19.8 Å². The van der Waals surface area contributed by atoms with Crippen LogP contribution in [0.1, 0.15) is 15.9 Å². The van der Waals surface area contributed by atoms with Crippen molar-refractivity contribution in [3.05, 3.63) is 78.1 Å². The Morgan fingerprint density at radius 2 is 1.94 bits per heavy atom. The molecule has 1 aliphatic heterocycles. The van der Waals surface area contributed by atoms with Crippen molar-refractivity contribution in [3.63, 3.8) is 0 Å². The average molecular weight is 428 g/mol. The highest BCUT2D eigenvalue weighted by Gasteiger charge is 2.23. The molecule has 4 aromatic rings. The number of hydrogen-bond donors (Lipinski definition) is 0. The number of pyridine rings is 1. The number of aromatic nitrogens is 2. The number of rotatable bonds is 5. The van der Waals surface area contributed by atoms with Crippen molar-refractivity contribution < 1.29 is 13.9 Å². The highest BCUT2D eigenvalue weighted by Crippen LogP contribution is 2.27. The summed E-state index contributed by atoms with van der Waals surface area (Å²) in [7, 11) is 1.63. The second-order valence-electron chi connectivity index (χ2n) is 7.86. The summed E-state index contributed by atoms with van der Waals surface area (Å²) in [5.41, 5.74) is 3.96. The lowest BCUT2D eigenvalue weighted by atomic mass is 10.1. The summed E-state index contributed by atoms with van der Waals surface area (Å²) in [4.78, 5) is 26.1. The van der Waals surface area contributed by atoms with Crippen molar-refractivity contribution in [2.24, 2.45) is 0 Å². The number of fused-ring (bicyclic) bond motifs is 1. The fourth-order valence-corrected chi connectivity index (χ4v) is 3.98. The molecule has 2 aromatic carbocycles. The third-order valence-corrected chi connectivity index (χ3v) is 5.74. The van der Waals surface area contributed by atoms with Gasteiger partial charge in [0.1, 0.15) is 11.3 Å². The zero-order chi connectivity index (χ0) is 21.9. The maximum Gasteiger partial charge on any atom is 0.254 e. The van der Waals surface area contributed by atoms with E-state index in [0.29, 0.717) is 30.1 Å². The maximum atomic E-state index is 13.1. The van der Waals surface area contributed by atoms with E-state index in [1.54, 1.807) is 19.4 Å². The molecule has 0 saturated carbocycles. The van der Waals surface area contributed by atoms with Crippen LogP contribution in [0.2, 0.25) is 0 Å². The summed E-state index contributed by atoms with van der Waals surface area (Å²) in [5, 5.41) is 0. The number of hydrogen-bond acceptors (Lipinski definition) is 6. The van der Waals surface area contributed by atoms with Crippen molar-refractivity contribution in [3.8, 4) is 17.2 Å². The first-order valence-corrected chi connectivity index (χ1v) is 10.7. The van der Waals surface area contributed by atoms with Crippen molar-refractivity contribution in [2.45, 2.75) is 6.54 Å². The third-order valence-electron chi connectivity index (χ3n) is 5.74. The summed E-state index contributed by atoms with van der Waals surface area (Å²) in [6, 6.07) is 17.1. The molecule has 0 N–H and O–H groups in total. The number of oxazole rings is 1. The molecule has 1 saturated heterocycles. The Labute approximate surface area is 186 Å². The van der Waals surface area contributed by atoms with E-state index in [1.807, 2.05) is 53.6 Å². The molecule has 0 atom stereocenters. The van der Waals surface area contributed by atoms with Crippen LogP contribution in [-0.2, 0) is 6.54 Å². The van der Waals surface area contributed by atoms with Gasteiger partial charge < -0.3 is 14.1 Å². The normalized spacial score (nSPS) is 14.6. The molecule has 0 aliphatic carbocycles. The number of benzene rings is 2. The van der Waals surface area contributed by atoms with E-state index in [9.17, 15) is 4.79 Å². The summed E-state index contributed by atoms with van der Waals surface area (Å²) in [6.45, 7) is 3.93. The number of nitrogens with zero attached hydrogens (tertiary/aromatic N) is 4. The van der Waals surface area contributed by atoms with Crippen LogP contribution in [0.5, 0.6) is 5.75 Å². The van der Waals surface area contributed by atoms with Gasteiger partial charge in [0, 0.05) is 56.2 Å². The molecular weight excluding hydrogens is 404 g/mol. The first-order chi connectivity index (χ1) is 15.7. The molecule has 162 valence electrons. The Bertz CT molecular complexity index is 1230. The van der Waals surface area contributed by atoms with Gasteiger partial charge in [-0.25, -0.2) is 4.98 Å². The Morgan fingerprint density at radius 1 is 1.06 bits per heavy atom. The van der Waals surface area contributed by atoms with Crippen LogP contribution in [-0.4, -0.2) is 59.0 Å². The molecule has 5 rings (SSSR count). The number of carbonyl (C=O) groups excluding carboxylic acids is 1. The molecule has 0 radical (unpaired) electrons. The standard InChI is InChI=1S/C25H24N4O3/c1-31-21-6-2-5-19(14-21)24-27-22-8-7-20(15-23(22)32-24)25(30)29-12-10-28(11-13-29)17-18-4-3-9-26-16-18/h2-9,14-16H,10-13,17H2,1H3. The lowest BCUT2D eigenvalue weighted by Crippen LogP contribution is -2.48. The monoisotopic (exact) mass is 428 g/mol. The van der Waals surface area contributed by atoms with E-state index >= 15 is 0 Å². The Hall–Kier alpha value is -3.71. The van der Waals surface area contributed by atoms with Crippen molar-refractivity contribution in [1.29, 1.82) is 0 Å². The molecule has 7 nitrogen and oxygen atoms in total. The maximum absolute atomic E-state index is 13.1. The molecule has 3 heterocycles. The van der Waals surface area contributed by atoms with Gasteiger partial charge in [0.05, 0.1) is 7.11 Å². The van der Waals surface area contributed by atoms with Crippen LogP contribution in [0.3, 0.4) is 0 Å². The van der Waals surface area contributed by atoms with E-state index in [4.69, 9.17) is 9.15 Å². The van der Waals surface area contributed by atoms with Crippen LogP contribution < -0.4 is 4.74 Å². The fourth-order valence-electron chi connectivity index (χ4n) is 3.98. The van der Waals surface area contributed by atoms with E-state index in [0.717, 1.165) is 36.5 Å². The van der Waals surface area contributed by atoms with Gasteiger partial charge in [-0.15, -0.1) is 0 Å². The lowest BCUT2D eigenvalue weighted by Gasteiger charge is -2.34. The van der Waals surface area contributed by atoms with Crippen LogP contribution in [0, 0.1) is 0 Å². The van der Waals surface area contributed by atoms with Crippen LogP contribution in [0.15, 0.2) is 71.4 Å². The molecule has 32 heavy (non-hydrogen) atoms. The summed E-state index contributed by atoms with van der Waals surface area (Å²) in [6.07, 6.45) is 3.68. The van der Waals surface area contributed by atoms with E-state index in [1.165, 1.54) is 5.56 Å². The van der Waals surface area contributed by atoms with Crippen molar-refractivity contribution in [2.75, 3.05) is 33.3 Å². The molecule has 0 spiro atoms. The minimum absolute atomic E-state index is 0.0206. The molecule has 2 aromatic heterocycles. The van der Waals surface area contributed by atoms with E-state index < -0.39 is 0 Å². The number of ether oxygens (including phenoxy) is 1. The Morgan fingerprint density at radius 3 is 2.72 bits per heavy atom. The topological polar surface area (TPSA) is 71.7 Å². The molecule has 0 unspecified atom stereocenters. The zero-order valence-electron chi connectivity index (χ0n) is 17.9.